The lowest BCUT2D eigenvalue weighted by molar-refractivity contribution is -0.148. The Hall–Kier alpha value is -3.14. The molecule has 1 aliphatic rings. The fraction of sp³-hybridized carbons (Fsp3) is 0.375. The van der Waals surface area contributed by atoms with Gasteiger partial charge < -0.3 is 19.5 Å². The molecule has 3 unspecified atom stereocenters. The molecule has 1 saturated heterocycles. The fourth-order valence-electron chi connectivity index (χ4n) is 4.09. The zero-order valence-electron chi connectivity index (χ0n) is 19.0. The molecule has 0 bridgehead atoms. The summed E-state index contributed by atoms with van der Waals surface area (Å²) in [5.74, 6) is -1.57. The summed E-state index contributed by atoms with van der Waals surface area (Å²) >= 11 is 3.43. The number of hydrogen-bond donors (Lipinski definition) is 1. The summed E-state index contributed by atoms with van der Waals surface area (Å²) in [5, 5.41) is 2.77. The molecule has 2 aromatic carbocycles. The van der Waals surface area contributed by atoms with Crippen LogP contribution in [0.5, 0.6) is 5.75 Å². The van der Waals surface area contributed by atoms with Crippen LogP contribution in [0.4, 0.5) is 9.18 Å². The summed E-state index contributed by atoms with van der Waals surface area (Å²) in [6, 6.07) is 9.11. The van der Waals surface area contributed by atoms with Crippen LogP contribution in [0.3, 0.4) is 0 Å². The molecule has 0 aromatic heterocycles. The molecule has 0 radical (unpaired) electrons. The van der Waals surface area contributed by atoms with Crippen LogP contribution in [0.25, 0.3) is 0 Å². The van der Waals surface area contributed by atoms with Crippen molar-refractivity contribution < 1.29 is 33.0 Å². The summed E-state index contributed by atoms with van der Waals surface area (Å²) < 4.78 is 29.3. The van der Waals surface area contributed by atoms with E-state index in [1.807, 2.05) is 0 Å². The molecule has 2 amide bonds. The SMILES string of the molecule is CCOC(=O)C1CC(C(=O)NCc2ccc(F)cc2)N(C(=O)OC)C1c1ccc(OC)c(Br)c1. The molecule has 34 heavy (non-hydrogen) atoms. The number of rotatable bonds is 7. The first-order valence-corrected chi connectivity index (χ1v) is 11.5. The smallest absolute Gasteiger partial charge is 0.410 e. The molecule has 3 rings (SSSR count). The highest BCUT2D eigenvalue weighted by atomic mass is 79.9. The van der Waals surface area contributed by atoms with E-state index in [-0.39, 0.29) is 25.4 Å². The summed E-state index contributed by atoms with van der Waals surface area (Å²) in [6.07, 6.45) is -0.692. The van der Waals surface area contributed by atoms with Gasteiger partial charge in [-0.1, -0.05) is 18.2 Å². The Morgan fingerprint density at radius 3 is 2.44 bits per heavy atom. The Balaban J connectivity index is 1.94. The van der Waals surface area contributed by atoms with Crippen LogP contribution in [-0.4, -0.2) is 49.7 Å². The van der Waals surface area contributed by atoms with E-state index in [9.17, 15) is 18.8 Å². The van der Waals surface area contributed by atoms with E-state index in [2.05, 4.69) is 21.2 Å². The number of methoxy groups -OCH3 is 2. The molecule has 2 aromatic rings. The summed E-state index contributed by atoms with van der Waals surface area (Å²) in [6.45, 7) is 1.98. The van der Waals surface area contributed by atoms with E-state index in [0.717, 1.165) is 0 Å². The third-order valence-electron chi connectivity index (χ3n) is 5.67. The van der Waals surface area contributed by atoms with Crippen LogP contribution in [0.2, 0.25) is 0 Å². The van der Waals surface area contributed by atoms with Crippen LogP contribution in [0.1, 0.15) is 30.5 Å². The van der Waals surface area contributed by atoms with Gasteiger partial charge in [0.05, 0.1) is 37.3 Å². The second kappa shape index (κ2) is 11.3. The van der Waals surface area contributed by atoms with Crippen LogP contribution in [0, 0.1) is 11.7 Å². The van der Waals surface area contributed by atoms with Crippen LogP contribution < -0.4 is 10.1 Å². The van der Waals surface area contributed by atoms with Crippen LogP contribution >= 0.6 is 15.9 Å². The maximum absolute atomic E-state index is 13.2. The first-order chi connectivity index (χ1) is 16.3. The van der Waals surface area contributed by atoms with E-state index in [0.29, 0.717) is 21.3 Å². The average molecular weight is 537 g/mol. The van der Waals surface area contributed by atoms with Gasteiger partial charge in [0, 0.05) is 6.54 Å². The van der Waals surface area contributed by atoms with E-state index in [4.69, 9.17) is 14.2 Å². The lowest BCUT2D eigenvalue weighted by Crippen LogP contribution is -2.46. The molecule has 1 heterocycles. The molecule has 0 aliphatic carbocycles. The molecule has 0 saturated carbocycles. The monoisotopic (exact) mass is 536 g/mol. The standard InChI is InChI=1S/C24H26BrFN2O6/c1-4-34-23(30)17-12-19(22(29)27-13-14-5-8-16(26)9-6-14)28(24(31)33-3)21(17)15-7-10-20(32-2)18(25)11-15/h5-11,17,19,21H,4,12-13H2,1-3H3,(H,27,29). The third kappa shape index (κ3) is 5.49. The number of carbonyl (C=O) groups is 3. The van der Waals surface area contributed by atoms with E-state index in [1.165, 1.54) is 31.3 Å². The van der Waals surface area contributed by atoms with E-state index in [1.54, 1.807) is 37.3 Å². The van der Waals surface area contributed by atoms with Gasteiger partial charge in [-0.15, -0.1) is 0 Å². The molecular formula is C24H26BrFN2O6. The Labute approximate surface area is 205 Å². The Kier molecular flexibility index (Phi) is 8.49. The molecule has 3 atom stereocenters. The zero-order chi connectivity index (χ0) is 24.8. The number of benzene rings is 2. The quantitative estimate of drug-likeness (QED) is 0.538. The number of likely N-dealkylation sites (tertiary alicyclic amines) is 1. The van der Waals surface area contributed by atoms with Gasteiger partial charge in [-0.05, 0) is 64.7 Å². The third-order valence-corrected chi connectivity index (χ3v) is 6.29. The number of halogens is 2. The summed E-state index contributed by atoms with van der Waals surface area (Å²) in [4.78, 5) is 40.2. The van der Waals surface area contributed by atoms with Gasteiger partial charge in [-0.2, -0.15) is 0 Å². The number of ether oxygens (including phenoxy) is 3. The normalized spacial score (nSPS) is 19.4. The van der Waals surface area contributed by atoms with Crippen molar-refractivity contribution in [1.29, 1.82) is 0 Å². The number of amides is 2. The molecule has 0 spiro atoms. The minimum atomic E-state index is -0.979. The second-order valence-corrected chi connectivity index (χ2v) is 8.52. The molecule has 1 N–H and O–H groups in total. The first kappa shape index (κ1) is 25.5. The van der Waals surface area contributed by atoms with E-state index < -0.39 is 36.0 Å². The fourth-order valence-corrected chi connectivity index (χ4v) is 4.65. The van der Waals surface area contributed by atoms with Gasteiger partial charge in [-0.25, -0.2) is 9.18 Å². The largest absolute Gasteiger partial charge is 0.496 e. The highest BCUT2D eigenvalue weighted by Gasteiger charge is 2.51. The lowest BCUT2D eigenvalue weighted by Gasteiger charge is -2.30. The molecule has 1 aliphatic heterocycles. The highest BCUT2D eigenvalue weighted by Crippen LogP contribution is 2.44. The lowest BCUT2D eigenvalue weighted by atomic mass is 9.93. The van der Waals surface area contributed by atoms with Crippen molar-refractivity contribution in [3.63, 3.8) is 0 Å². The second-order valence-electron chi connectivity index (χ2n) is 7.67. The summed E-state index contributed by atoms with van der Waals surface area (Å²) in [7, 11) is 2.74. The Morgan fingerprint density at radius 1 is 1.15 bits per heavy atom. The van der Waals surface area contributed by atoms with Crippen molar-refractivity contribution in [3.05, 3.63) is 63.9 Å². The zero-order valence-corrected chi connectivity index (χ0v) is 20.6. The van der Waals surface area contributed by atoms with Crippen molar-refractivity contribution in [1.82, 2.24) is 10.2 Å². The summed E-state index contributed by atoms with van der Waals surface area (Å²) in [5.41, 5.74) is 1.31. The van der Waals surface area contributed by atoms with Crippen molar-refractivity contribution in [2.75, 3.05) is 20.8 Å². The van der Waals surface area contributed by atoms with Gasteiger partial charge in [0.1, 0.15) is 17.6 Å². The minimum Gasteiger partial charge on any atom is -0.496 e. The maximum Gasteiger partial charge on any atom is 0.410 e. The molecule has 10 heteroatoms. The molecular weight excluding hydrogens is 511 g/mol. The van der Waals surface area contributed by atoms with Crippen molar-refractivity contribution in [2.45, 2.75) is 32.0 Å². The molecule has 1 fully saturated rings. The van der Waals surface area contributed by atoms with Crippen LogP contribution in [0.15, 0.2) is 46.9 Å². The Morgan fingerprint density at radius 2 is 1.85 bits per heavy atom. The minimum absolute atomic E-state index is 0.0531. The van der Waals surface area contributed by atoms with Crippen LogP contribution in [-0.2, 0) is 25.6 Å². The number of nitrogens with zero attached hydrogens (tertiary/aromatic N) is 1. The number of nitrogens with one attached hydrogen (secondary N) is 1. The van der Waals surface area contributed by atoms with Crippen molar-refractivity contribution in [3.8, 4) is 5.75 Å². The maximum atomic E-state index is 13.2. The number of hydrogen-bond acceptors (Lipinski definition) is 6. The highest BCUT2D eigenvalue weighted by molar-refractivity contribution is 9.10. The predicted molar refractivity (Wildman–Crippen MR) is 124 cm³/mol. The first-order valence-electron chi connectivity index (χ1n) is 10.7. The topological polar surface area (TPSA) is 94.2 Å². The number of esters is 1. The van der Waals surface area contributed by atoms with Gasteiger partial charge in [-0.3, -0.25) is 14.5 Å². The van der Waals surface area contributed by atoms with Gasteiger partial charge >= 0.3 is 12.1 Å². The van der Waals surface area contributed by atoms with Crippen molar-refractivity contribution in [2.24, 2.45) is 5.92 Å². The Bertz CT molecular complexity index is 1050. The van der Waals surface area contributed by atoms with Gasteiger partial charge in [0.2, 0.25) is 5.91 Å². The molecule has 8 nitrogen and oxygen atoms in total. The average Bonchev–Trinajstić information content (AvgIpc) is 3.24. The van der Waals surface area contributed by atoms with Gasteiger partial charge in [0.25, 0.3) is 0 Å². The predicted octanol–water partition coefficient (Wildman–Crippen LogP) is 3.97. The molecule has 182 valence electrons. The van der Waals surface area contributed by atoms with E-state index >= 15 is 0 Å². The van der Waals surface area contributed by atoms with Crippen molar-refractivity contribution >= 4 is 33.9 Å². The number of carbonyl (C=O) groups excluding carboxylic acids is 3. The van der Waals surface area contributed by atoms with Gasteiger partial charge in [0.15, 0.2) is 0 Å².